The summed E-state index contributed by atoms with van der Waals surface area (Å²) in [7, 11) is 0. The Morgan fingerprint density at radius 2 is 0.796 bits per heavy atom. The summed E-state index contributed by atoms with van der Waals surface area (Å²) in [6.07, 6.45) is 6.39. The monoisotopic (exact) mass is 750 g/mol. The molecule has 0 aromatic heterocycles. The molecule has 2 heterocycles. The van der Waals surface area contributed by atoms with Crippen molar-refractivity contribution in [3.8, 4) is 0 Å². The molecule has 0 spiro atoms. The van der Waals surface area contributed by atoms with Crippen LogP contribution in [0.25, 0.3) is 43.1 Å². The summed E-state index contributed by atoms with van der Waals surface area (Å²) in [5.74, 6) is -1.59. The second-order valence-electron chi connectivity index (χ2n) is 14.6. The second-order valence-corrected chi connectivity index (χ2v) is 15.4. The van der Waals surface area contributed by atoms with Gasteiger partial charge in [-0.2, -0.15) is 0 Å². The predicted octanol–water partition coefficient (Wildman–Crippen LogP) is 11.3. The Morgan fingerprint density at radius 1 is 0.426 bits per heavy atom. The number of benzene rings is 7. The van der Waals surface area contributed by atoms with Gasteiger partial charge in [0.05, 0.1) is 24.2 Å². The molecule has 6 nitrogen and oxygen atoms in total. The molecular formula is C46H36Cl2N2O4. The number of hydrogen-bond donors (Lipinski definition) is 0. The maximum absolute atomic E-state index is 14.2. The number of unbranched alkanes of at least 4 members (excludes halogenated alkanes) is 2. The number of amides is 4. The molecule has 0 bridgehead atoms. The van der Waals surface area contributed by atoms with Crippen molar-refractivity contribution < 1.29 is 19.2 Å². The summed E-state index contributed by atoms with van der Waals surface area (Å²) in [6.45, 7) is 4.59. The first-order valence-electron chi connectivity index (χ1n) is 18.7. The van der Waals surface area contributed by atoms with Gasteiger partial charge in [0.1, 0.15) is 0 Å². The smallest absolute Gasteiger partial charge is 0.261 e. The van der Waals surface area contributed by atoms with Crippen molar-refractivity contribution in [3.05, 3.63) is 139 Å². The van der Waals surface area contributed by atoms with E-state index >= 15 is 0 Å². The summed E-state index contributed by atoms with van der Waals surface area (Å²) in [6, 6.07) is 26.6. The van der Waals surface area contributed by atoms with Gasteiger partial charge in [0.15, 0.2) is 0 Å². The van der Waals surface area contributed by atoms with Crippen LogP contribution in [0.1, 0.15) is 103 Å². The van der Waals surface area contributed by atoms with Crippen LogP contribution < -0.4 is 0 Å². The molecule has 268 valence electrons. The van der Waals surface area contributed by atoms with Crippen molar-refractivity contribution in [2.45, 2.75) is 65.5 Å². The molecule has 0 saturated heterocycles. The summed E-state index contributed by atoms with van der Waals surface area (Å²) < 4.78 is 0. The molecule has 4 amide bonds. The maximum Gasteiger partial charge on any atom is 0.261 e. The fourth-order valence-electron chi connectivity index (χ4n) is 8.51. The Morgan fingerprint density at radius 3 is 1.20 bits per heavy atom. The van der Waals surface area contributed by atoms with Gasteiger partial charge in [-0.1, -0.05) is 111 Å². The number of hydrogen-bond acceptors (Lipinski definition) is 4. The highest BCUT2D eigenvalue weighted by Gasteiger charge is 2.38. The van der Waals surface area contributed by atoms with Crippen LogP contribution in [0.15, 0.2) is 84.9 Å². The third kappa shape index (κ3) is 5.22. The Balaban J connectivity index is 1.16. The number of halogens is 2. The Kier molecular flexibility index (Phi) is 8.44. The highest BCUT2D eigenvalue weighted by atomic mass is 35.5. The van der Waals surface area contributed by atoms with Crippen molar-refractivity contribution in [2.24, 2.45) is 0 Å². The van der Waals surface area contributed by atoms with E-state index in [9.17, 15) is 19.2 Å². The molecule has 0 aliphatic carbocycles. The molecule has 0 fully saturated rings. The van der Waals surface area contributed by atoms with E-state index < -0.39 is 11.8 Å². The third-order valence-corrected chi connectivity index (χ3v) is 11.9. The van der Waals surface area contributed by atoms with Gasteiger partial charge < -0.3 is 0 Å². The molecule has 0 atom stereocenters. The zero-order valence-electron chi connectivity index (χ0n) is 30.0. The zero-order chi connectivity index (χ0) is 37.4. The van der Waals surface area contributed by atoms with Gasteiger partial charge in [-0.15, -0.1) is 0 Å². The van der Waals surface area contributed by atoms with Gasteiger partial charge in [-0.25, -0.2) is 0 Å². The van der Waals surface area contributed by atoms with Crippen molar-refractivity contribution in [3.63, 3.8) is 0 Å². The maximum atomic E-state index is 14.2. The lowest BCUT2D eigenvalue weighted by Gasteiger charge is -2.31. The number of rotatable bonds is 10. The highest BCUT2D eigenvalue weighted by Crippen LogP contribution is 2.50. The van der Waals surface area contributed by atoms with Crippen molar-refractivity contribution in [1.29, 1.82) is 0 Å². The molecule has 7 aromatic rings. The Bertz CT molecular complexity index is 2610. The minimum absolute atomic E-state index is 0.114. The second kappa shape index (κ2) is 13.2. The molecule has 2 aliphatic heterocycles. The van der Waals surface area contributed by atoms with Crippen LogP contribution in [0.2, 0.25) is 10.0 Å². The largest absolute Gasteiger partial charge is 0.270 e. The molecule has 9 rings (SSSR count). The molecular weight excluding hydrogens is 715 g/mol. The first-order valence-corrected chi connectivity index (χ1v) is 19.4. The highest BCUT2D eigenvalue weighted by molar-refractivity contribution is 6.51. The molecule has 7 aromatic carbocycles. The molecule has 0 radical (unpaired) electrons. The van der Waals surface area contributed by atoms with Crippen LogP contribution in [0.4, 0.5) is 0 Å². The van der Waals surface area contributed by atoms with E-state index in [4.69, 9.17) is 23.2 Å². The minimum Gasteiger partial charge on any atom is -0.270 e. The average Bonchev–Trinajstić information content (AvgIpc) is 3.18. The minimum atomic E-state index is -0.424. The lowest BCUT2D eigenvalue weighted by molar-refractivity contribution is 0.0583. The first kappa shape index (κ1) is 34.5. The van der Waals surface area contributed by atoms with E-state index in [0.717, 1.165) is 49.7 Å². The number of nitrogens with zero attached hydrogens (tertiary/aromatic N) is 2. The number of aryl methyl sites for hydroxylation is 2. The van der Waals surface area contributed by atoms with Crippen LogP contribution in [0.5, 0.6) is 0 Å². The van der Waals surface area contributed by atoms with Crippen molar-refractivity contribution in [1.82, 2.24) is 9.80 Å². The Hall–Kier alpha value is -5.30. The lowest BCUT2D eigenvalue weighted by atomic mass is 9.82. The molecule has 2 aliphatic rings. The summed E-state index contributed by atoms with van der Waals surface area (Å²) in [4.78, 5) is 59.2. The third-order valence-electron chi connectivity index (χ3n) is 11.3. The van der Waals surface area contributed by atoms with Gasteiger partial charge in [-0.05, 0) is 88.4 Å². The summed E-state index contributed by atoms with van der Waals surface area (Å²) in [5, 5.41) is 5.68. The average molecular weight is 752 g/mol. The summed E-state index contributed by atoms with van der Waals surface area (Å²) >= 11 is 14.3. The van der Waals surface area contributed by atoms with Gasteiger partial charge in [0.25, 0.3) is 23.6 Å². The van der Waals surface area contributed by atoms with Crippen LogP contribution in [-0.2, 0) is 25.9 Å². The number of carbonyl (C=O) groups excluding carboxylic acids is 4. The normalized spacial score (nSPS) is 14.2. The van der Waals surface area contributed by atoms with E-state index in [1.54, 1.807) is 24.3 Å². The molecule has 0 unspecified atom stereocenters. The lowest BCUT2D eigenvalue weighted by Crippen LogP contribution is -2.40. The molecule has 0 N–H and O–H groups in total. The van der Waals surface area contributed by atoms with Crippen molar-refractivity contribution in [2.75, 3.05) is 0 Å². The number of imide groups is 2. The van der Waals surface area contributed by atoms with Crippen LogP contribution >= 0.6 is 23.2 Å². The number of carbonyl (C=O) groups is 4. The van der Waals surface area contributed by atoms with E-state index in [-0.39, 0.29) is 24.9 Å². The van der Waals surface area contributed by atoms with E-state index in [0.29, 0.717) is 75.4 Å². The zero-order valence-corrected chi connectivity index (χ0v) is 31.5. The van der Waals surface area contributed by atoms with Crippen LogP contribution in [-0.4, -0.2) is 33.4 Å². The SMILES string of the molecule is CCCCc1ccc(CN2C(=O)c3ccc4c5c(Cl)cc6c7c(cc(Cl)c(c8ccc(c3c48)C2=O)c75)C(=O)N(Cc2ccc(CCCC)cc2)C6=O)cc1. The fourth-order valence-corrected chi connectivity index (χ4v) is 9.12. The first-order chi connectivity index (χ1) is 26.2. The van der Waals surface area contributed by atoms with Crippen LogP contribution in [0, 0.1) is 0 Å². The standard InChI is InChI=1S/C46H36Cl2N2O4/c1-3-5-7-25-9-13-27(14-10-25)23-49-43(51)31-19-17-29-37-30(18-20-32(38(31)37)44(49)52)41-36(48)22-34-39-33(21-35(47)40(29)42(39)41)45(53)50(46(34)54)24-28-15-11-26(12-16-28)8-6-4-2/h9-22H,3-8,23-24H2,1-2H3. The van der Waals surface area contributed by atoms with Gasteiger partial charge in [0, 0.05) is 48.1 Å². The van der Waals surface area contributed by atoms with E-state index in [1.807, 2.05) is 36.4 Å². The predicted molar refractivity (Wildman–Crippen MR) is 216 cm³/mol. The van der Waals surface area contributed by atoms with Crippen molar-refractivity contribution >= 4 is 89.9 Å². The van der Waals surface area contributed by atoms with Gasteiger partial charge in [-0.3, -0.25) is 29.0 Å². The molecule has 54 heavy (non-hydrogen) atoms. The van der Waals surface area contributed by atoms with Gasteiger partial charge >= 0.3 is 0 Å². The van der Waals surface area contributed by atoms with E-state index in [2.05, 4.69) is 38.1 Å². The van der Waals surface area contributed by atoms with E-state index in [1.165, 1.54) is 20.9 Å². The quantitative estimate of drug-likeness (QED) is 0.0792. The van der Waals surface area contributed by atoms with Crippen LogP contribution in [0.3, 0.4) is 0 Å². The number of fused-ring (bicyclic) bond motifs is 2. The molecule has 0 saturated carbocycles. The van der Waals surface area contributed by atoms with Gasteiger partial charge in [0.2, 0.25) is 0 Å². The topological polar surface area (TPSA) is 74.8 Å². The summed E-state index contributed by atoms with van der Waals surface area (Å²) in [5.41, 5.74) is 5.68. The Labute approximate surface area is 322 Å². The molecule has 8 heteroatoms. The fraction of sp³-hybridized carbons (Fsp3) is 0.217.